The SMILES string of the molecule is CNC(COCC(=O)NC(C)(C)C)C(=O)O. The lowest BCUT2D eigenvalue weighted by Gasteiger charge is -2.20. The van der Waals surface area contributed by atoms with E-state index in [0.717, 1.165) is 0 Å². The Morgan fingerprint density at radius 2 is 1.94 bits per heavy atom. The third-order valence-electron chi connectivity index (χ3n) is 1.68. The number of carbonyl (C=O) groups is 2. The lowest BCUT2D eigenvalue weighted by atomic mass is 10.1. The van der Waals surface area contributed by atoms with Crippen molar-refractivity contribution >= 4 is 11.9 Å². The highest BCUT2D eigenvalue weighted by Crippen LogP contribution is 1.97. The fourth-order valence-corrected chi connectivity index (χ4v) is 1.00. The zero-order valence-corrected chi connectivity index (χ0v) is 10.2. The number of carboxylic acids is 1. The predicted molar refractivity (Wildman–Crippen MR) is 59.2 cm³/mol. The Balaban J connectivity index is 3.81. The average Bonchev–Trinajstić information content (AvgIpc) is 2.08. The maximum Gasteiger partial charge on any atom is 0.323 e. The van der Waals surface area contributed by atoms with Crippen molar-refractivity contribution < 1.29 is 19.4 Å². The van der Waals surface area contributed by atoms with E-state index in [2.05, 4.69) is 10.6 Å². The van der Waals surface area contributed by atoms with E-state index in [9.17, 15) is 9.59 Å². The molecular weight excluding hydrogens is 212 g/mol. The summed E-state index contributed by atoms with van der Waals surface area (Å²) in [6, 6.07) is -0.789. The number of likely N-dealkylation sites (N-methyl/N-ethyl adjacent to an activating group) is 1. The van der Waals surface area contributed by atoms with Gasteiger partial charge in [0.15, 0.2) is 0 Å². The largest absolute Gasteiger partial charge is 0.480 e. The maximum absolute atomic E-state index is 11.3. The Labute approximate surface area is 95.4 Å². The average molecular weight is 232 g/mol. The highest BCUT2D eigenvalue weighted by molar-refractivity contribution is 5.78. The van der Waals surface area contributed by atoms with Crippen LogP contribution in [0.5, 0.6) is 0 Å². The standard InChI is InChI=1S/C10H20N2O4/c1-10(2,3)12-8(13)6-16-5-7(11-4)9(14)15/h7,11H,5-6H2,1-4H3,(H,12,13)(H,14,15). The first-order chi connectivity index (χ1) is 7.26. The topological polar surface area (TPSA) is 87.7 Å². The molecule has 0 rings (SSSR count). The van der Waals surface area contributed by atoms with Gasteiger partial charge >= 0.3 is 5.97 Å². The third-order valence-corrected chi connectivity index (χ3v) is 1.68. The van der Waals surface area contributed by atoms with Crippen molar-refractivity contribution in [1.82, 2.24) is 10.6 Å². The molecule has 6 nitrogen and oxygen atoms in total. The van der Waals surface area contributed by atoms with Crippen LogP contribution in [-0.2, 0) is 14.3 Å². The van der Waals surface area contributed by atoms with Gasteiger partial charge in [-0.05, 0) is 27.8 Å². The molecule has 0 aromatic heterocycles. The molecule has 0 aliphatic heterocycles. The van der Waals surface area contributed by atoms with Crippen molar-refractivity contribution in [2.75, 3.05) is 20.3 Å². The zero-order chi connectivity index (χ0) is 12.8. The van der Waals surface area contributed by atoms with Gasteiger partial charge in [0.1, 0.15) is 12.6 Å². The summed E-state index contributed by atoms with van der Waals surface area (Å²) in [5.74, 6) is -1.26. The van der Waals surface area contributed by atoms with Gasteiger partial charge in [-0.3, -0.25) is 9.59 Å². The van der Waals surface area contributed by atoms with Crippen molar-refractivity contribution in [2.45, 2.75) is 32.4 Å². The number of amides is 1. The minimum absolute atomic E-state index is 0.0383. The maximum atomic E-state index is 11.3. The fourth-order valence-electron chi connectivity index (χ4n) is 1.00. The van der Waals surface area contributed by atoms with Crippen LogP contribution in [0.25, 0.3) is 0 Å². The van der Waals surface area contributed by atoms with Crippen molar-refractivity contribution in [3.8, 4) is 0 Å². The normalized spacial score (nSPS) is 13.2. The summed E-state index contributed by atoms with van der Waals surface area (Å²) in [6.07, 6.45) is 0. The second-order valence-corrected chi connectivity index (χ2v) is 4.49. The summed E-state index contributed by atoms with van der Waals surface area (Å²) >= 11 is 0. The molecule has 0 aliphatic rings. The molecule has 0 heterocycles. The number of hydrogen-bond donors (Lipinski definition) is 3. The third kappa shape index (κ3) is 7.19. The molecular formula is C10H20N2O4. The molecule has 0 aromatic carbocycles. The van der Waals surface area contributed by atoms with E-state index in [1.54, 1.807) is 0 Å². The first-order valence-corrected chi connectivity index (χ1v) is 5.05. The summed E-state index contributed by atoms with van der Waals surface area (Å²) in [4.78, 5) is 21.9. The monoisotopic (exact) mass is 232 g/mol. The smallest absolute Gasteiger partial charge is 0.323 e. The second kappa shape index (κ2) is 6.44. The van der Waals surface area contributed by atoms with Crippen LogP contribution in [0.15, 0.2) is 0 Å². The molecule has 6 heteroatoms. The Hall–Kier alpha value is -1.14. The minimum Gasteiger partial charge on any atom is -0.480 e. The molecule has 0 spiro atoms. The lowest BCUT2D eigenvalue weighted by molar-refractivity contribution is -0.142. The van der Waals surface area contributed by atoms with Gasteiger partial charge in [0.05, 0.1) is 6.61 Å². The van der Waals surface area contributed by atoms with Crippen LogP contribution in [-0.4, -0.2) is 48.8 Å². The summed E-state index contributed by atoms with van der Waals surface area (Å²) in [6.45, 7) is 5.40. The summed E-state index contributed by atoms with van der Waals surface area (Å²) < 4.78 is 5.00. The molecule has 0 saturated carbocycles. The highest BCUT2D eigenvalue weighted by atomic mass is 16.5. The van der Waals surface area contributed by atoms with Crippen molar-refractivity contribution in [2.24, 2.45) is 0 Å². The first kappa shape index (κ1) is 14.9. The van der Waals surface area contributed by atoms with Gasteiger partial charge in [0.25, 0.3) is 0 Å². The number of nitrogens with one attached hydrogen (secondary N) is 2. The summed E-state index contributed by atoms with van der Waals surface area (Å²) in [5, 5.41) is 14.0. The molecule has 1 atom stereocenters. The van der Waals surface area contributed by atoms with Crippen LogP contribution < -0.4 is 10.6 Å². The molecule has 94 valence electrons. The van der Waals surface area contributed by atoms with Gasteiger partial charge in [-0.1, -0.05) is 0 Å². The van der Waals surface area contributed by atoms with E-state index in [4.69, 9.17) is 9.84 Å². The molecule has 0 saturated heterocycles. The molecule has 16 heavy (non-hydrogen) atoms. The number of hydrogen-bond acceptors (Lipinski definition) is 4. The summed E-state index contributed by atoms with van der Waals surface area (Å²) in [7, 11) is 1.53. The lowest BCUT2D eigenvalue weighted by Crippen LogP contribution is -2.44. The molecule has 0 fully saturated rings. The van der Waals surface area contributed by atoms with Gasteiger partial charge in [-0.15, -0.1) is 0 Å². The van der Waals surface area contributed by atoms with Crippen molar-refractivity contribution in [1.29, 1.82) is 0 Å². The van der Waals surface area contributed by atoms with Gasteiger partial charge in [0, 0.05) is 5.54 Å². The predicted octanol–water partition coefficient (Wildman–Crippen LogP) is -0.410. The molecule has 1 amide bonds. The number of carboxylic acid groups (broad SMARTS) is 1. The molecule has 0 aliphatic carbocycles. The Morgan fingerprint density at radius 3 is 2.31 bits per heavy atom. The van der Waals surface area contributed by atoms with E-state index in [1.165, 1.54) is 7.05 Å². The van der Waals surface area contributed by atoms with E-state index >= 15 is 0 Å². The van der Waals surface area contributed by atoms with Gasteiger partial charge in [0.2, 0.25) is 5.91 Å². The summed E-state index contributed by atoms with van der Waals surface area (Å²) in [5.41, 5.74) is -0.310. The molecule has 0 radical (unpaired) electrons. The minimum atomic E-state index is -1.00. The van der Waals surface area contributed by atoms with Crippen LogP contribution in [0.1, 0.15) is 20.8 Å². The first-order valence-electron chi connectivity index (χ1n) is 5.05. The van der Waals surface area contributed by atoms with Crippen LogP contribution in [0.4, 0.5) is 0 Å². The molecule has 0 bridgehead atoms. The molecule has 3 N–H and O–H groups in total. The number of rotatable bonds is 6. The van der Waals surface area contributed by atoms with Crippen LogP contribution in [0.2, 0.25) is 0 Å². The number of ether oxygens (including phenoxy) is 1. The van der Waals surface area contributed by atoms with E-state index in [0.29, 0.717) is 0 Å². The van der Waals surface area contributed by atoms with Crippen molar-refractivity contribution in [3.05, 3.63) is 0 Å². The van der Waals surface area contributed by atoms with E-state index in [1.807, 2.05) is 20.8 Å². The van der Waals surface area contributed by atoms with Crippen LogP contribution >= 0.6 is 0 Å². The van der Waals surface area contributed by atoms with Crippen LogP contribution in [0, 0.1) is 0 Å². The van der Waals surface area contributed by atoms with Gasteiger partial charge in [-0.25, -0.2) is 0 Å². The van der Waals surface area contributed by atoms with Gasteiger partial charge in [-0.2, -0.15) is 0 Å². The highest BCUT2D eigenvalue weighted by Gasteiger charge is 2.17. The fraction of sp³-hybridized carbons (Fsp3) is 0.800. The van der Waals surface area contributed by atoms with Crippen molar-refractivity contribution in [3.63, 3.8) is 0 Å². The Kier molecular flexibility index (Phi) is 5.98. The number of carbonyl (C=O) groups excluding carboxylic acids is 1. The zero-order valence-electron chi connectivity index (χ0n) is 10.2. The van der Waals surface area contributed by atoms with Crippen LogP contribution in [0.3, 0.4) is 0 Å². The Morgan fingerprint density at radius 1 is 1.38 bits per heavy atom. The number of aliphatic carboxylic acids is 1. The molecule has 1 unspecified atom stereocenters. The second-order valence-electron chi connectivity index (χ2n) is 4.49. The Bertz CT molecular complexity index is 248. The molecule has 0 aromatic rings. The quantitative estimate of drug-likeness (QED) is 0.579. The van der Waals surface area contributed by atoms with E-state index in [-0.39, 0.29) is 24.7 Å². The van der Waals surface area contributed by atoms with E-state index < -0.39 is 12.0 Å². The van der Waals surface area contributed by atoms with Gasteiger partial charge < -0.3 is 20.5 Å².